The highest BCUT2D eigenvalue weighted by Crippen LogP contribution is 2.18. The molecule has 0 radical (unpaired) electrons. The molecular formula is C16H18ClN3O3. The number of hydrogen-bond acceptors (Lipinski definition) is 5. The Morgan fingerprint density at radius 1 is 1.39 bits per heavy atom. The molecule has 0 amide bonds. The van der Waals surface area contributed by atoms with E-state index < -0.39 is 5.56 Å². The summed E-state index contributed by atoms with van der Waals surface area (Å²) in [4.78, 5) is 11.4. The summed E-state index contributed by atoms with van der Waals surface area (Å²) in [5.41, 5.74) is 1.15. The second-order valence-electron chi connectivity index (χ2n) is 5.37. The highest BCUT2D eigenvalue weighted by atomic mass is 35.5. The van der Waals surface area contributed by atoms with Gasteiger partial charge in [0.1, 0.15) is 17.4 Å². The highest BCUT2D eigenvalue weighted by Gasteiger charge is 2.15. The van der Waals surface area contributed by atoms with Crippen LogP contribution in [-0.2, 0) is 11.3 Å². The van der Waals surface area contributed by atoms with Gasteiger partial charge in [0.2, 0.25) is 0 Å². The van der Waals surface area contributed by atoms with Crippen LogP contribution in [-0.4, -0.2) is 29.5 Å². The number of hydrogen-bond donors (Lipinski definition) is 2. The molecule has 1 aliphatic rings. The Hall–Kier alpha value is -2.05. The van der Waals surface area contributed by atoms with Crippen LogP contribution in [0.4, 0.5) is 5.69 Å². The molecule has 2 aromatic rings. The zero-order valence-electron chi connectivity index (χ0n) is 12.5. The fraction of sp³-hybridized carbons (Fsp3) is 0.375. The lowest BCUT2D eigenvalue weighted by Crippen LogP contribution is -2.16. The molecule has 0 saturated carbocycles. The van der Waals surface area contributed by atoms with E-state index in [-0.39, 0.29) is 11.1 Å². The molecule has 3 rings (SSSR count). The van der Waals surface area contributed by atoms with Crippen molar-refractivity contribution in [2.45, 2.75) is 25.5 Å². The normalized spacial score (nSPS) is 17.2. The van der Waals surface area contributed by atoms with Crippen LogP contribution in [0.2, 0.25) is 5.02 Å². The SMILES string of the molecule is O=c1[nH]ncc(NCc2ccc(OC[C@H]3CCCO3)cc2)c1Cl. The standard InChI is InChI=1S/C16H18ClN3O3/c17-15-14(9-19-20-16(15)21)18-8-11-3-5-12(6-4-11)23-10-13-2-1-7-22-13/h3-6,9,13H,1-2,7-8,10H2,(H2,18,20,21)/t13-/m1/s1. The average Bonchev–Trinajstić information content (AvgIpc) is 3.09. The van der Waals surface area contributed by atoms with Gasteiger partial charge in [0, 0.05) is 13.2 Å². The van der Waals surface area contributed by atoms with Gasteiger partial charge in [0.25, 0.3) is 5.56 Å². The van der Waals surface area contributed by atoms with E-state index in [1.54, 1.807) is 0 Å². The Labute approximate surface area is 138 Å². The molecule has 7 heteroatoms. The van der Waals surface area contributed by atoms with Crippen molar-refractivity contribution < 1.29 is 9.47 Å². The lowest BCUT2D eigenvalue weighted by molar-refractivity contribution is 0.0679. The fourth-order valence-electron chi connectivity index (χ4n) is 2.37. The molecule has 1 fully saturated rings. The number of nitrogens with one attached hydrogen (secondary N) is 2. The maximum atomic E-state index is 11.4. The molecular weight excluding hydrogens is 318 g/mol. The third-order valence-electron chi connectivity index (χ3n) is 3.66. The Bertz CT molecular complexity index is 696. The van der Waals surface area contributed by atoms with Crippen LogP contribution in [0.1, 0.15) is 18.4 Å². The van der Waals surface area contributed by atoms with E-state index in [9.17, 15) is 4.79 Å². The molecule has 0 aliphatic carbocycles. The summed E-state index contributed by atoms with van der Waals surface area (Å²) in [5, 5.41) is 9.19. The number of rotatable bonds is 6. The summed E-state index contributed by atoms with van der Waals surface area (Å²) in [7, 11) is 0. The number of ether oxygens (including phenoxy) is 2. The molecule has 2 N–H and O–H groups in total. The number of benzene rings is 1. The Kier molecular flexibility index (Phi) is 5.15. The molecule has 6 nitrogen and oxygen atoms in total. The second kappa shape index (κ2) is 7.48. The summed E-state index contributed by atoms with van der Waals surface area (Å²) in [5.74, 6) is 0.820. The molecule has 1 aromatic heterocycles. The lowest BCUT2D eigenvalue weighted by atomic mass is 10.2. The number of nitrogens with zero attached hydrogens (tertiary/aromatic N) is 1. The largest absolute Gasteiger partial charge is 0.491 e. The van der Waals surface area contributed by atoms with E-state index in [0.717, 1.165) is 30.8 Å². The van der Waals surface area contributed by atoms with Crippen molar-refractivity contribution in [3.8, 4) is 5.75 Å². The molecule has 1 atom stereocenters. The van der Waals surface area contributed by atoms with Crippen molar-refractivity contribution in [3.63, 3.8) is 0 Å². The molecule has 122 valence electrons. The van der Waals surface area contributed by atoms with Crippen LogP contribution >= 0.6 is 11.6 Å². The first kappa shape index (κ1) is 15.8. The highest BCUT2D eigenvalue weighted by molar-refractivity contribution is 6.32. The number of aromatic amines is 1. The van der Waals surface area contributed by atoms with Gasteiger partial charge >= 0.3 is 0 Å². The topological polar surface area (TPSA) is 76.2 Å². The minimum atomic E-state index is -0.408. The van der Waals surface area contributed by atoms with E-state index in [4.69, 9.17) is 21.1 Å². The van der Waals surface area contributed by atoms with E-state index >= 15 is 0 Å². The Morgan fingerprint density at radius 3 is 2.96 bits per heavy atom. The molecule has 1 aromatic carbocycles. The maximum absolute atomic E-state index is 11.4. The third-order valence-corrected chi connectivity index (χ3v) is 4.04. The predicted molar refractivity (Wildman–Crippen MR) is 88.1 cm³/mol. The van der Waals surface area contributed by atoms with Gasteiger partial charge in [-0.1, -0.05) is 23.7 Å². The van der Waals surface area contributed by atoms with Crippen LogP contribution in [0, 0.1) is 0 Å². The fourth-order valence-corrected chi connectivity index (χ4v) is 2.53. The summed E-state index contributed by atoms with van der Waals surface area (Å²) in [6.07, 6.45) is 3.87. The predicted octanol–water partition coefficient (Wildman–Crippen LogP) is 2.59. The number of halogens is 1. The third kappa shape index (κ3) is 4.24. The minimum Gasteiger partial charge on any atom is -0.491 e. The first-order valence-electron chi connectivity index (χ1n) is 7.53. The van der Waals surface area contributed by atoms with Crippen molar-refractivity contribution >= 4 is 17.3 Å². The first-order chi connectivity index (χ1) is 11.2. The van der Waals surface area contributed by atoms with Gasteiger partial charge in [-0.2, -0.15) is 5.10 Å². The van der Waals surface area contributed by atoms with E-state index in [1.807, 2.05) is 24.3 Å². The van der Waals surface area contributed by atoms with Crippen molar-refractivity contribution in [3.05, 3.63) is 51.4 Å². The van der Waals surface area contributed by atoms with E-state index in [2.05, 4.69) is 15.5 Å². The number of H-pyrrole nitrogens is 1. The van der Waals surface area contributed by atoms with Crippen LogP contribution in [0.3, 0.4) is 0 Å². The molecule has 0 bridgehead atoms. The minimum absolute atomic E-state index is 0.108. The average molecular weight is 336 g/mol. The summed E-state index contributed by atoms with van der Waals surface area (Å²) in [6, 6.07) is 7.77. The summed E-state index contributed by atoms with van der Waals surface area (Å²) in [6.45, 7) is 1.96. The first-order valence-corrected chi connectivity index (χ1v) is 7.90. The van der Waals surface area contributed by atoms with E-state index in [0.29, 0.717) is 18.8 Å². The smallest absolute Gasteiger partial charge is 0.285 e. The quantitative estimate of drug-likeness (QED) is 0.848. The van der Waals surface area contributed by atoms with Crippen LogP contribution in [0.15, 0.2) is 35.3 Å². The monoisotopic (exact) mass is 335 g/mol. The van der Waals surface area contributed by atoms with Crippen LogP contribution in [0.25, 0.3) is 0 Å². The van der Waals surface area contributed by atoms with Crippen molar-refractivity contribution in [1.82, 2.24) is 10.2 Å². The van der Waals surface area contributed by atoms with Gasteiger partial charge in [-0.3, -0.25) is 4.79 Å². The van der Waals surface area contributed by atoms with Gasteiger partial charge in [-0.05, 0) is 30.5 Å². The maximum Gasteiger partial charge on any atom is 0.285 e. The summed E-state index contributed by atoms with van der Waals surface area (Å²) >= 11 is 5.91. The van der Waals surface area contributed by atoms with Gasteiger partial charge in [0.05, 0.1) is 18.0 Å². The second-order valence-corrected chi connectivity index (χ2v) is 5.75. The molecule has 0 spiro atoms. The lowest BCUT2D eigenvalue weighted by Gasteiger charge is -2.12. The number of aromatic nitrogens is 2. The van der Waals surface area contributed by atoms with Crippen LogP contribution < -0.4 is 15.6 Å². The molecule has 2 heterocycles. The number of anilines is 1. The Morgan fingerprint density at radius 2 is 2.22 bits per heavy atom. The molecule has 0 unspecified atom stereocenters. The summed E-state index contributed by atoms with van der Waals surface area (Å²) < 4.78 is 11.2. The van der Waals surface area contributed by atoms with Crippen molar-refractivity contribution in [1.29, 1.82) is 0 Å². The van der Waals surface area contributed by atoms with Gasteiger partial charge in [-0.15, -0.1) is 0 Å². The zero-order chi connectivity index (χ0) is 16.1. The zero-order valence-corrected chi connectivity index (χ0v) is 13.3. The van der Waals surface area contributed by atoms with Crippen molar-refractivity contribution in [2.75, 3.05) is 18.5 Å². The van der Waals surface area contributed by atoms with Crippen molar-refractivity contribution in [2.24, 2.45) is 0 Å². The Balaban J connectivity index is 1.52. The molecule has 23 heavy (non-hydrogen) atoms. The van der Waals surface area contributed by atoms with Gasteiger partial charge in [0.15, 0.2) is 0 Å². The van der Waals surface area contributed by atoms with Crippen LogP contribution in [0.5, 0.6) is 5.75 Å². The molecule has 1 aliphatic heterocycles. The molecule has 1 saturated heterocycles. The van der Waals surface area contributed by atoms with Gasteiger partial charge < -0.3 is 14.8 Å². The van der Waals surface area contributed by atoms with E-state index in [1.165, 1.54) is 6.20 Å². The van der Waals surface area contributed by atoms with Gasteiger partial charge in [-0.25, -0.2) is 5.10 Å².